The Labute approximate surface area is 104 Å². The molecule has 0 saturated heterocycles. The summed E-state index contributed by atoms with van der Waals surface area (Å²) in [6.45, 7) is 0. The zero-order valence-electron chi connectivity index (χ0n) is 8.86. The molecule has 2 aromatic rings. The van der Waals surface area contributed by atoms with Gasteiger partial charge in [0.15, 0.2) is 6.29 Å². The first-order chi connectivity index (χ1) is 8.40. The third kappa shape index (κ3) is 2.53. The zero-order valence-corrected chi connectivity index (χ0v) is 9.68. The first-order valence-corrected chi connectivity index (χ1v) is 5.68. The molecule has 0 aliphatic rings. The van der Waals surface area contributed by atoms with Crippen LogP contribution in [-0.2, 0) is 6.18 Å². The second-order valence-corrected chi connectivity index (χ2v) is 4.70. The van der Waals surface area contributed by atoms with Gasteiger partial charge in [-0.2, -0.15) is 13.2 Å². The van der Waals surface area contributed by atoms with E-state index in [-0.39, 0.29) is 5.56 Å². The minimum absolute atomic E-state index is 0.237. The van der Waals surface area contributed by atoms with Gasteiger partial charge in [-0.3, -0.25) is 4.79 Å². The molecule has 0 amide bonds. The summed E-state index contributed by atoms with van der Waals surface area (Å²) >= 11 is 1.07. The van der Waals surface area contributed by atoms with Crippen molar-refractivity contribution in [2.24, 2.45) is 0 Å². The van der Waals surface area contributed by atoms with Crippen molar-refractivity contribution in [3.05, 3.63) is 40.8 Å². The van der Waals surface area contributed by atoms with E-state index < -0.39 is 17.5 Å². The normalized spacial score (nSPS) is 11.5. The molecule has 0 atom stereocenters. The van der Waals surface area contributed by atoms with Gasteiger partial charge in [0.2, 0.25) is 0 Å². The molecule has 0 aliphatic carbocycles. The van der Waals surface area contributed by atoms with Crippen LogP contribution in [0.2, 0.25) is 0 Å². The number of aldehydes is 1. The molecule has 1 aromatic heterocycles. The van der Waals surface area contributed by atoms with Gasteiger partial charge in [-0.25, -0.2) is 0 Å². The molecule has 6 heteroatoms. The third-order valence-corrected chi connectivity index (χ3v) is 3.33. The van der Waals surface area contributed by atoms with Crippen molar-refractivity contribution in [2.75, 3.05) is 0 Å². The second-order valence-electron chi connectivity index (χ2n) is 3.59. The Morgan fingerprint density at radius 3 is 2.44 bits per heavy atom. The van der Waals surface area contributed by atoms with Crippen LogP contribution < -0.4 is 0 Å². The summed E-state index contributed by atoms with van der Waals surface area (Å²) in [5.41, 5.74) is -0.682. The molecule has 0 unspecified atom stereocenters. The van der Waals surface area contributed by atoms with Crippen LogP contribution in [0.1, 0.15) is 15.2 Å². The number of rotatable bonds is 2. The number of phenolic OH excluding ortho intramolecular Hbond substituents is 1. The summed E-state index contributed by atoms with van der Waals surface area (Å²) in [6, 6.07) is 5.90. The molecule has 0 bridgehead atoms. The molecule has 2 nitrogen and oxygen atoms in total. The van der Waals surface area contributed by atoms with Crippen LogP contribution in [-0.4, -0.2) is 11.4 Å². The van der Waals surface area contributed by atoms with E-state index in [0.717, 1.165) is 17.4 Å². The lowest BCUT2D eigenvalue weighted by atomic mass is 10.1. The van der Waals surface area contributed by atoms with Crippen LogP contribution in [0.15, 0.2) is 30.3 Å². The summed E-state index contributed by atoms with van der Waals surface area (Å²) in [6.07, 6.45) is -3.89. The highest BCUT2D eigenvalue weighted by atomic mass is 32.1. The molecule has 2 rings (SSSR count). The Hall–Kier alpha value is -1.82. The molecule has 18 heavy (non-hydrogen) atoms. The number of carbonyl (C=O) groups excluding carboxylic acids is 1. The number of halogens is 3. The lowest BCUT2D eigenvalue weighted by molar-refractivity contribution is -0.137. The molecule has 0 radical (unpaired) electrons. The van der Waals surface area contributed by atoms with E-state index >= 15 is 0 Å². The van der Waals surface area contributed by atoms with E-state index in [1.54, 1.807) is 6.07 Å². The van der Waals surface area contributed by atoms with Gasteiger partial charge in [-0.05, 0) is 35.9 Å². The maximum Gasteiger partial charge on any atom is 0.416 e. The molecular formula is C12H7F3O2S. The second kappa shape index (κ2) is 4.45. The van der Waals surface area contributed by atoms with Crippen molar-refractivity contribution in [1.29, 1.82) is 0 Å². The summed E-state index contributed by atoms with van der Waals surface area (Å²) in [5.74, 6) is -0.458. The van der Waals surface area contributed by atoms with Crippen LogP contribution in [0.3, 0.4) is 0 Å². The number of aromatic hydroxyl groups is 1. The SMILES string of the molecule is O=Cc1ccc(-c2cc(O)cc(C(F)(F)F)c2)s1. The van der Waals surface area contributed by atoms with Crippen molar-refractivity contribution in [3.8, 4) is 16.2 Å². The first kappa shape index (κ1) is 12.6. The van der Waals surface area contributed by atoms with Crippen molar-refractivity contribution in [3.63, 3.8) is 0 Å². The number of hydrogen-bond acceptors (Lipinski definition) is 3. The van der Waals surface area contributed by atoms with E-state index in [4.69, 9.17) is 0 Å². The fraction of sp³-hybridized carbons (Fsp3) is 0.0833. The standard InChI is InChI=1S/C12H7F3O2S/c13-12(14,15)8-3-7(4-9(17)5-8)11-2-1-10(6-16)18-11/h1-6,17H. The number of phenols is 1. The van der Waals surface area contributed by atoms with Gasteiger partial charge in [0, 0.05) is 4.88 Å². The quantitative estimate of drug-likeness (QED) is 0.840. The minimum Gasteiger partial charge on any atom is -0.508 e. The number of alkyl halides is 3. The smallest absolute Gasteiger partial charge is 0.416 e. The lowest BCUT2D eigenvalue weighted by Crippen LogP contribution is -2.04. The van der Waals surface area contributed by atoms with Crippen molar-refractivity contribution < 1.29 is 23.1 Å². The van der Waals surface area contributed by atoms with Gasteiger partial charge < -0.3 is 5.11 Å². The van der Waals surface area contributed by atoms with E-state index in [1.807, 2.05) is 0 Å². The number of benzene rings is 1. The van der Waals surface area contributed by atoms with Gasteiger partial charge in [0.05, 0.1) is 10.4 Å². The number of hydrogen-bond donors (Lipinski definition) is 1. The van der Waals surface area contributed by atoms with Crippen molar-refractivity contribution in [1.82, 2.24) is 0 Å². The average Bonchev–Trinajstić information content (AvgIpc) is 2.75. The largest absolute Gasteiger partial charge is 0.508 e. The molecule has 0 fully saturated rings. The van der Waals surface area contributed by atoms with Gasteiger partial charge >= 0.3 is 6.18 Å². The maximum absolute atomic E-state index is 12.6. The lowest BCUT2D eigenvalue weighted by Gasteiger charge is -2.09. The molecule has 0 saturated carbocycles. The zero-order chi connectivity index (χ0) is 13.3. The van der Waals surface area contributed by atoms with Crippen LogP contribution >= 0.6 is 11.3 Å². The Morgan fingerprint density at radius 2 is 1.89 bits per heavy atom. The average molecular weight is 272 g/mol. The number of thiophene rings is 1. The molecule has 1 aromatic carbocycles. The first-order valence-electron chi connectivity index (χ1n) is 4.87. The van der Waals surface area contributed by atoms with Crippen molar-refractivity contribution in [2.45, 2.75) is 6.18 Å². The minimum atomic E-state index is -4.52. The van der Waals surface area contributed by atoms with Gasteiger partial charge in [-0.15, -0.1) is 11.3 Å². The summed E-state index contributed by atoms with van der Waals surface area (Å²) in [5, 5.41) is 9.32. The molecular weight excluding hydrogens is 265 g/mol. The Morgan fingerprint density at radius 1 is 1.17 bits per heavy atom. The molecule has 0 aliphatic heterocycles. The van der Waals surface area contributed by atoms with E-state index in [1.165, 1.54) is 12.1 Å². The highest BCUT2D eigenvalue weighted by Crippen LogP contribution is 2.36. The van der Waals surface area contributed by atoms with Gasteiger partial charge in [0.1, 0.15) is 5.75 Å². The monoisotopic (exact) mass is 272 g/mol. The highest BCUT2D eigenvalue weighted by Gasteiger charge is 2.31. The fourth-order valence-electron chi connectivity index (χ4n) is 1.49. The fourth-order valence-corrected chi connectivity index (χ4v) is 2.30. The van der Waals surface area contributed by atoms with Gasteiger partial charge in [0.25, 0.3) is 0 Å². The topological polar surface area (TPSA) is 37.3 Å². The highest BCUT2D eigenvalue weighted by molar-refractivity contribution is 7.17. The molecule has 1 heterocycles. The predicted molar refractivity (Wildman–Crippen MR) is 61.8 cm³/mol. The van der Waals surface area contributed by atoms with Crippen molar-refractivity contribution >= 4 is 17.6 Å². The van der Waals surface area contributed by atoms with E-state index in [9.17, 15) is 23.1 Å². The van der Waals surface area contributed by atoms with E-state index in [0.29, 0.717) is 22.1 Å². The van der Waals surface area contributed by atoms with E-state index in [2.05, 4.69) is 0 Å². The summed E-state index contributed by atoms with van der Waals surface area (Å²) < 4.78 is 37.7. The Balaban J connectivity index is 2.51. The van der Waals surface area contributed by atoms with Gasteiger partial charge in [-0.1, -0.05) is 0 Å². The molecule has 0 spiro atoms. The summed E-state index contributed by atoms with van der Waals surface area (Å²) in [4.78, 5) is 11.4. The summed E-state index contributed by atoms with van der Waals surface area (Å²) in [7, 11) is 0. The van der Waals surface area contributed by atoms with Crippen LogP contribution in [0, 0.1) is 0 Å². The maximum atomic E-state index is 12.6. The third-order valence-electron chi connectivity index (χ3n) is 2.27. The Bertz CT molecular complexity index is 587. The van der Waals surface area contributed by atoms with Crippen LogP contribution in [0.25, 0.3) is 10.4 Å². The Kier molecular flexibility index (Phi) is 3.13. The number of carbonyl (C=O) groups is 1. The molecule has 94 valence electrons. The predicted octanol–water partition coefficient (Wildman–Crippen LogP) is 3.95. The van der Waals surface area contributed by atoms with Crippen LogP contribution in [0.4, 0.5) is 13.2 Å². The van der Waals surface area contributed by atoms with Crippen LogP contribution in [0.5, 0.6) is 5.75 Å². The molecule has 1 N–H and O–H groups in total.